The Bertz CT molecular complexity index is 1340. The molecule has 0 spiro atoms. The van der Waals surface area contributed by atoms with Crippen molar-refractivity contribution in [1.82, 2.24) is 0 Å². The zero-order chi connectivity index (χ0) is 30.7. The summed E-state index contributed by atoms with van der Waals surface area (Å²) in [7, 11) is 0. The first-order chi connectivity index (χ1) is 21.1. The topological polar surface area (TPSA) is 59.0 Å². The lowest BCUT2D eigenvalue weighted by atomic mass is 9.89. The summed E-state index contributed by atoms with van der Waals surface area (Å²) in [5.41, 5.74) is 4.80. The molecule has 0 N–H and O–H groups in total. The highest BCUT2D eigenvalue weighted by molar-refractivity contribution is 5.96. The lowest BCUT2D eigenvalue weighted by molar-refractivity contribution is 0.100. The number of ether oxygens (including phenoxy) is 1. The fourth-order valence-corrected chi connectivity index (χ4v) is 5.24. The van der Waals surface area contributed by atoms with Gasteiger partial charge in [0.1, 0.15) is 12.4 Å². The maximum atomic E-state index is 12.4. The van der Waals surface area contributed by atoms with Gasteiger partial charge < -0.3 is 9.64 Å². The van der Waals surface area contributed by atoms with E-state index >= 15 is 0 Å². The number of benzene rings is 3. The predicted molar refractivity (Wildman–Crippen MR) is 180 cm³/mol. The minimum Gasteiger partial charge on any atom is -0.490 e. The highest BCUT2D eigenvalue weighted by Crippen LogP contribution is 2.31. The largest absolute Gasteiger partial charge is 0.490 e. The lowest BCUT2D eigenvalue weighted by Crippen LogP contribution is -2.24. The third kappa shape index (κ3) is 11.5. The van der Waals surface area contributed by atoms with Crippen LogP contribution in [0.15, 0.2) is 114 Å². The van der Waals surface area contributed by atoms with E-state index in [1.54, 1.807) is 6.07 Å². The van der Waals surface area contributed by atoms with Crippen LogP contribution in [-0.4, -0.2) is 12.5 Å². The molecule has 226 valence electrons. The molecular formula is C38H46N2O3. The van der Waals surface area contributed by atoms with E-state index in [4.69, 9.17) is 4.74 Å². The highest BCUT2D eigenvalue weighted by atomic mass is 16.5. The van der Waals surface area contributed by atoms with Gasteiger partial charge in [-0.1, -0.05) is 125 Å². The minimum atomic E-state index is -0.739. The van der Waals surface area contributed by atoms with Gasteiger partial charge in [0, 0.05) is 29.5 Å². The fourth-order valence-electron chi connectivity index (χ4n) is 5.24. The quantitative estimate of drug-likeness (QED) is 0.111. The van der Waals surface area contributed by atoms with Gasteiger partial charge in [-0.05, 0) is 66.3 Å². The Balaban J connectivity index is 1.90. The van der Waals surface area contributed by atoms with Crippen molar-refractivity contribution in [3.63, 3.8) is 0 Å². The van der Waals surface area contributed by atoms with E-state index in [9.17, 15) is 9.70 Å². The van der Waals surface area contributed by atoms with Crippen LogP contribution in [0.5, 0.6) is 5.75 Å². The first-order valence-electron chi connectivity index (χ1n) is 15.5. The van der Waals surface area contributed by atoms with E-state index in [1.807, 2.05) is 85.8 Å². The number of hydrogen-bond donors (Lipinski definition) is 0. The van der Waals surface area contributed by atoms with Gasteiger partial charge in [0.25, 0.3) is 0 Å². The molecule has 0 aromatic heterocycles. The molecule has 0 fully saturated rings. The smallest absolute Gasteiger partial charge is 0.316 e. The summed E-state index contributed by atoms with van der Waals surface area (Å²) < 4.78 is 5.90. The highest BCUT2D eigenvalue weighted by Gasteiger charge is 2.19. The summed E-state index contributed by atoms with van der Waals surface area (Å²) in [6, 6.07) is 24.2. The van der Waals surface area contributed by atoms with E-state index in [2.05, 4.69) is 48.2 Å². The number of unbranched alkanes of at least 4 members (excludes halogenated alkanes) is 1. The van der Waals surface area contributed by atoms with Gasteiger partial charge in [0.15, 0.2) is 0 Å². The molecule has 0 bridgehead atoms. The van der Waals surface area contributed by atoms with E-state index in [0.29, 0.717) is 31.2 Å². The number of carbonyl (C=O) groups is 1. The van der Waals surface area contributed by atoms with Crippen LogP contribution in [0.25, 0.3) is 0 Å². The summed E-state index contributed by atoms with van der Waals surface area (Å²) in [5.74, 6) is 0.637. The SMILES string of the molecule is C\C=C/C=C\C=C\COc1ccc(CN(Cc2ccccc2)c2cc(C(=O)N=O)ccc2CC(CCC)CCCC)cc1. The Morgan fingerprint density at radius 3 is 2.26 bits per heavy atom. The molecular weight excluding hydrogens is 532 g/mol. The number of anilines is 1. The molecule has 1 atom stereocenters. The van der Waals surface area contributed by atoms with E-state index in [-0.39, 0.29) is 0 Å². The monoisotopic (exact) mass is 578 g/mol. The number of hydrogen-bond acceptors (Lipinski definition) is 4. The van der Waals surface area contributed by atoms with Crippen LogP contribution in [-0.2, 0) is 19.5 Å². The van der Waals surface area contributed by atoms with Crippen molar-refractivity contribution < 1.29 is 9.53 Å². The standard InChI is InChI=1S/C38H46N2O3/c1-4-7-9-10-11-15-26-43-36-24-20-33(21-25-36)30-40(29-32-18-13-12-14-19-32)37-28-35(38(41)39-42)23-22-34(37)27-31(16-6-3)17-8-5-2/h4,7,9-15,18-25,28,31H,5-6,8,16-17,26-27,29-30H2,1-3H3/b7-4-,10-9-,15-11+. The second-order valence-corrected chi connectivity index (χ2v) is 10.9. The molecule has 3 aromatic carbocycles. The molecule has 3 aromatic rings. The molecule has 0 aliphatic rings. The molecule has 0 heterocycles. The van der Waals surface area contributed by atoms with Gasteiger partial charge in [0.05, 0.1) is 0 Å². The maximum absolute atomic E-state index is 12.4. The Labute approximate surface area is 258 Å². The van der Waals surface area contributed by atoms with Gasteiger partial charge in [-0.25, -0.2) is 0 Å². The molecule has 0 aliphatic heterocycles. The van der Waals surface area contributed by atoms with Gasteiger partial charge in [-0.15, -0.1) is 4.91 Å². The number of nitrogens with zero attached hydrogens (tertiary/aromatic N) is 2. The van der Waals surface area contributed by atoms with Crippen LogP contribution in [0.3, 0.4) is 0 Å². The summed E-state index contributed by atoms with van der Waals surface area (Å²) in [5, 5.41) is 2.71. The van der Waals surface area contributed by atoms with Crippen molar-refractivity contribution in [3.05, 3.63) is 136 Å². The number of allylic oxidation sites excluding steroid dienone is 5. The minimum absolute atomic E-state index is 0.324. The molecule has 43 heavy (non-hydrogen) atoms. The third-order valence-corrected chi connectivity index (χ3v) is 7.45. The number of rotatable bonds is 18. The summed E-state index contributed by atoms with van der Waals surface area (Å²) in [6.07, 6.45) is 18.7. The Morgan fingerprint density at radius 2 is 1.58 bits per heavy atom. The van der Waals surface area contributed by atoms with Crippen LogP contribution >= 0.6 is 0 Å². The molecule has 1 unspecified atom stereocenters. The zero-order valence-electron chi connectivity index (χ0n) is 26.0. The van der Waals surface area contributed by atoms with E-state index < -0.39 is 5.91 Å². The Kier molecular flexibility index (Phi) is 14.7. The van der Waals surface area contributed by atoms with Crippen LogP contribution in [0.4, 0.5) is 5.69 Å². The fraction of sp³-hybridized carbons (Fsp3) is 0.342. The maximum Gasteiger partial charge on any atom is 0.316 e. The van der Waals surface area contributed by atoms with Crippen molar-refractivity contribution in [2.75, 3.05) is 11.5 Å². The number of amides is 1. The average molecular weight is 579 g/mol. The van der Waals surface area contributed by atoms with Crippen molar-refractivity contribution in [1.29, 1.82) is 0 Å². The van der Waals surface area contributed by atoms with E-state index in [0.717, 1.165) is 36.3 Å². The normalized spacial score (nSPS) is 12.3. The van der Waals surface area contributed by atoms with Crippen LogP contribution < -0.4 is 9.64 Å². The number of nitroso groups, excluding NO2 is 1. The van der Waals surface area contributed by atoms with Gasteiger partial charge in [-0.3, -0.25) is 4.79 Å². The van der Waals surface area contributed by atoms with Gasteiger partial charge in [0.2, 0.25) is 0 Å². The third-order valence-electron chi connectivity index (χ3n) is 7.45. The first kappa shape index (κ1) is 33.3. The average Bonchev–Trinajstić information content (AvgIpc) is 3.04. The van der Waals surface area contributed by atoms with Crippen molar-refractivity contribution >= 4 is 11.6 Å². The summed E-state index contributed by atoms with van der Waals surface area (Å²) in [4.78, 5) is 25.9. The molecule has 0 aliphatic carbocycles. The molecule has 5 heteroatoms. The number of carbonyl (C=O) groups excluding carboxylic acids is 1. The van der Waals surface area contributed by atoms with Gasteiger partial charge in [-0.2, -0.15) is 0 Å². The van der Waals surface area contributed by atoms with Gasteiger partial charge >= 0.3 is 5.91 Å². The zero-order valence-corrected chi connectivity index (χ0v) is 26.0. The van der Waals surface area contributed by atoms with Crippen LogP contribution in [0.1, 0.15) is 79.9 Å². The predicted octanol–water partition coefficient (Wildman–Crippen LogP) is 10.0. The van der Waals surface area contributed by atoms with Crippen molar-refractivity contribution in [2.45, 2.75) is 72.4 Å². The van der Waals surface area contributed by atoms with E-state index in [1.165, 1.54) is 30.4 Å². The van der Waals surface area contributed by atoms with Crippen molar-refractivity contribution in [3.8, 4) is 5.75 Å². The molecule has 3 rings (SSSR count). The molecule has 0 saturated heterocycles. The summed E-state index contributed by atoms with van der Waals surface area (Å²) in [6.45, 7) is 8.26. The molecule has 1 amide bonds. The molecule has 5 nitrogen and oxygen atoms in total. The Morgan fingerprint density at radius 1 is 0.860 bits per heavy atom. The molecule has 0 radical (unpaired) electrons. The second-order valence-electron chi connectivity index (χ2n) is 10.9. The second kappa shape index (κ2) is 19.0. The lowest BCUT2D eigenvalue weighted by Gasteiger charge is -2.29. The Hall–Kier alpha value is -4.25. The first-order valence-corrected chi connectivity index (χ1v) is 15.5. The van der Waals surface area contributed by atoms with Crippen LogP contribution in [0.2, 0.25) is 0 Å². The molecule has 0 saturated carbocycles. The van der Waals surface area contributed by atoms with Crippen LogP contribution in [0, 0.1) is 10.8 Å². The van der Waals surface area contributed by atoms with Crippen molar-refractivity contribution in [2.24, 2.45) is 11.1 Å². The summed E-state index contributed by atoms with van der Waals surface area (Å²) >= 11 is 0.